The lowest BCUT2D eigenvalue weighted by molar-refractivity contribution is 0.107. The molecule has 0 aliphatic carbocycles. The first-order chi connectivity index (χ1) is 11.6. The summed E-state index contributed by atoms with van der Waals surface area (Å²) in [7, 11) is 0. The monoisotopic (exact) mass is 453 g/mol. The standard InChI is InChI=1S/C20H27N3O.HI/c1-16(2)12-22-20(21)23-13-18-9-6-10-19(11-18)15-24-14-17-7-4-3-5-8-17;/h3-11,16H,12-15H2,1-2H3,(H3,21,22,23);1H. The van der Waals surface area contributed by atoms with Gasteiger partial charge in [-0.2, -0.15) is 0 Å². The van der Waals surface area contributed by atoms with Gasteiger partial charge in [0.2, 0.25) is 0 Å². The number of nitrogens with one attached hydrogen (secondary N) is 1. The minimum Gasteiger partial charge on any atom is -0.372 e. The number of nitrogens with zero attached hydrogens (tertiary/aromatic N) is 1. The third kappa shape index (κ3) is 8.88. The first-order valence-electron chi connectivity index (χ1n) is 8.37. The van der Waals surface area contributed by atoms with E-state index in [1.807, 2.05) is 24.3 Å². The van der Waals surface area contributed by atoms with Gasteiger partial charge < -0.3 is 15.8 Å². The van der Waals surface area contributed by atoms with Crippen LogP contribution in [0.5, 0.6) is 0 Å². The number of hydrogen-bond donors (Lipinski definition) is 2. The second kappa shape index (κ2) is 11.9. The van der Waals surface area contributed by atoms with E-state index in [-0.39, 0.29) is 24.0 Å². The molecule has 0 aliphatic rings. The Morgan fingerprint density at radius 2 is 1.64 bits per heavy atom. The van der Waals surface area contributed by atoms with Gasteiger partial charge in [-0.3, -0.25) is 0 Å². The predicted octanol–water partition coefficient (Wildman–Crippen LogP) is 4.08. The molecular formula is C20H28IN3O. The Labute approximate surface area is 167 Å². The van der Waals surface area contributed by atoms with Gasteiger partial charge in [0.1, 0.15) is 0 Å². The zero-order chi connectivity index (χ0) is 17.2. The maximum atomic E-state index is 5.87. The number of aliphatic imine (C=N–C) groups is 1. The maximum absolute atomic E-state index is 5.87. The molecule has 0 spiro atoms. The molecule has 0 radical (unpaired) electrons. The molecule has 5 heteroatoms. The third-order valence-corrected chi connectivity index (χ3v) is 3.50. The van der Waals surface area contributed by atoms with Gasteiger partial charge >= 0.3 is 0 Å². The number of hydrogen-bond acceptors (Lipinski definition) is 2. The lowest BCUT2D eigenvalue weighted by Crippen LogP contribution is -2.34. The highest BCUT2D eigenvalue weighted by Crippen LogP contribution is 2.09. The zero-order valence-electron chi connectivity index (χ0n) is 14.9. The Kier molecular flexibility index (Phi) is 10.2. The van der Waals surface area contributed by atoms with E-state index in [1.165, 1.54) is 5.56 Å². The summed E-state index contributed by atoms with van der Waals surface area (Å²) in [4.78, 5) is 4.38. The van der Waals surface area contributed by atoms with Crippen LogP contribution >= 0.6 is 24.0 Å². The predicted molar refractivity (Wildman–Crippen MR) is 115 cm³/mol. The van der Waals surface area contributed by atoms with Gasteiger partial charge in [0, 0.05) is 6.54 Å². The van der Waals surface area contributed by atoms with Crippen LogP contribution in [0.25, 0.3) is 0 Å². The molecule has 2 rings (SSSR count). The summed E-state index contributed by atoms with van der Waals surface area (Å²) in [5.74, 6) is 1.04. The van der Waals surface area contributed by atoms with Crippen molar-refractivity contribution in [3.8, 4) is 0 Å². The Morgan fingerprint density at radius 3 is 2.36 bits per heavy atom. The molecule has 2 aromatic carbocycles. The second-order valence-corrected chi connectivity index (χ2v) is 6.27. The molecule has 25 heavy (non-hydrogen) atoms. The van der Waals surface area contributed by atoms with E-state index in [9.17, 15) is 0 Å². The first kappa shape index (κ1) is 21.4. The summed E-state index contributed by atoms with van der Waals surface area (Å²) in [6, 6.07) is 18.5. The molecule has 0 unspecified atom stereocenters. The molecule has 0 heterocycles. The van der Waals surface area contributed by atoms with Crippen molar-refractivity contribution in [3.05, 3.63) is 71.3 Å². The molecule has 3 N–H and O–H groups in total. The van der Waals surface area contributed by atoms with Gasteiger partial charge in [0.25, 0.3) is 0 Å². The average Bonchev–Trinajstić information content (AvgIpc) is 2.59. The van der Waals surface area contributed by atoms with Gasteiger partial charge in [0.05, 0.1) is 19.8 Å². The molecule has 0 saturated heterocycles. The van der Waals surface area contributed by atoms with E-state index in [0.29, 0.717) is 31.6 Å². The van der Waals surface area contributed by atoms with Crippen molar-refractivity contribution >= 4 is 29.9 Å². The van der Waals surface area contributed by atoms with Crippen molar-refractivity contribution < 1.29 is 4.74 Å². The van der Waals surface area contributed by atoms with Crippen molar-refractivity contribution in [2.75, 3.05) is 6.54 Å². The number of nitrogens with two attached hydrogens (primary N) is 1. The number of halogens is 1. The van der Waals surface area contributed by atoms with E-state index < -0.39 is 0 Å². The van der Waals surface area contributed by atoms with Crippen LogP contribution in [-0.2, 0) is 24.5 Å². The van der Waals surface area contributed by atoms with Gasteiger partial charge in [-0.25, -0.2) is 4.99 Å². The number of rotatable bonds is 8. The van der Waals surface area contributed by atoms with Gasteiger partial charge in [-0.15, -0.1) is 24.0 Å². The molecule has 0 bridgehead atoms. The fourth-order valence-electron chi connectivity index (χ4n) is 2.22. The minimum atomic E-state index is 0. The van der Waals surface area contributed by atoms with Gasteiger partial charge in [-0.1, -0.05) is 68.4 Å². The summed E-state index contributed by atoms with van der Waals surface area (Å²) >= 11 is 0. The smallest absolute Gasteiger partial charge is 0.188 e. The fourth-order valence-corrected chi connectivity index (χ4v) is 2.22. The topological polar surface area (TPSA) is 59.6 Å². The van der Waals surface area contributed by atoms with Crippen molar-refractivity contribution in [2.45, 2.75) is 33.6 Å². The molecule has 0 fully saturated rings. The molecule has 0 amide bonds. The highest BCUT2D eigenvalue weighted by atomic mass is 127. The van der Waals surface area contributed by atoms with Crippen LogP contribution in [0.2, 0.25) is 0 Å². The largest absolute Gasteiger partial charge is 0.372 e. The second-order valence-electron chi connectivity index (χ2n) is 6.27. The van der Waals surface area contributed by atoms with Crippen molar-refractivity contribution in [1.29, 1.82) is 0 Å². The summed E-state index contributed by atoms with van der Waals surface area (Å²) < 4.78 is 5.78. The number of guanidine groups is 1. The molecule has 2 aromatic rings. The highest BCUT2D eigenvalue weighted by Gasteiger charge is 1.99. The van der Waals surface area contributed by atoms with Gasteiger partial charge in [-0.05, 0) is 22.6 Å². The van der Waals surface area contributed by atoms with Crippen LogP contribution < -0.4 is 11.1 Å². The van der Waals surface area contributed by atoms with Crippen LogP contribution in [0.15, 0.2) is 59.6 Å². The van der Waals surface area contributed by atoms with Crippen LogP contribution in [-0.4, -0.2) is 12.5 Å². The molecule has 4 nitrogen and oxygen atoms in total. The highest BCUT2D eigenvalue weighted by molar-refractivity contribution is 14.0. The molecule has 0 saturated carbocycles. The lowest BCUT2D eigenvalue weighted by Gasteiger charge is -2.08. The molecule has 0 aromatic heterocycles. The van der Waals surface area contributed by atoms with E-state index in [0.717, 1.165) is 17.7 Å². The Morgan fingerprint density at radius 1 is 1.00 bits per heavy atom. The molecular weight excluding hydrogens is 425 g/mol. The van der Waals surface area contributed by atoms with E-state index in [4.69, 9.17) is 10.5 Å². The Balaban J connectivity index is 0.00000312. The van der Waals surface area contributed by atoms with Crippen LogP contribution in [0.4, 0.5) is 0 Å². The fraction of sp³-hybridized carbons (Fsp3) is 0.350. The van der Waals surface area contributed by atoms with Crippen LogP contribution in [0.1, 0.15) is 30.5 Å². The lowest BCUT2D eigenvalue weighted by atomic mass is 10.1. The van der Waals surface area contributed by atoms with Crippen molar-refractivity contribution in [2.24, 2.45) is 16.6 Å². The maximum Gasteiger partial charge on any atom is 0.188 e. The van der Waals surface area contributed by atoms with E-state index in [1.54, 1.807) is 0 Å². The van der Waals surface area contributed by atoms with Crippen LogP contribution in [0, 0.1) is 5.92 Å². The Hall–Kier alpha value is -1.60. The normalized spacial score (nSPS) is 11.2. The Bertz CT molecular complexity index is 644. The summed E-state index contributed by atoms with van der Waals surface area (Å²) in [6.45, 7) is 6.90. The third-order valence-electron chi connectivity index (χ3n) is 3.50. The molecule has 136 valence electrons. The number of ether oxygens (including phenoxy) is 1. The zero-order valence-corrected chi connectivity index (χ0v) is 17.3. The van der Waals surface area contributed by atoms with E-state index >= 15 is 0 Å². The minimum absolute atomic E-state index is 0. The first-order valence-corrected chi connectivity index (χ1v) is 8.37. The quantitative estimate of drug-likeness (QED) is 0.360. The summed E-state index contributed by atoms with van der Waals surface area (Å²) in [5, 5.41) is 3.12. The summed E-state index contributed by atoms with van der Waals surface area (Å²) in [5.41, 5.74) is 9.32. The van der Waals surface area contributed by atoms with Crippen LogP contribution in [0.3, 0.4) is 0 Å². The number of benzene rings is 2. The van der Waals surface area contributed by atoms with Crippen molar-refractivity contribution in [3.63, 3.8) is 0 Å². The molecule has 0 aliphatic heterocycles. The summed E-state index contributed by atoms with van der Waals surface area (Å²) in [6.07, 6.45) is 0. The van der Waals surface area contributed by atoms with E-state index in [2.05, 4.69) is 54.5 Å². The molecule has 0 atom stereocenters. The van der Waals surface area contributed by atoms with Crippen molar-refractivity contribution in [1.82, 2.24) is 5.32 Å². The van der Waals surface area contributed by atoms with Gasteiger partial charge in [0.15, 0.2) is 5.96 Å². The average molecular weight is 453 g/mol. The SMILES string of the molecule is CC(C)CNC(N)=NCc1cccc(COCc2ccccc2)c1.I.